The molecule has 0 amide bonds. The van der Waals surface area contributed by atoms with Crippen molar-refractivity contribution in [2.45, 2.75) is 12.2 Å². The van der Waals surface area contributed by atoms with E-state index in [-0.39, 0.29) is 6.10 Å². The van der Waals surface area contributed by atoms with Gasteiger partial charge in [0.2, 0.25) is 0 Å². The Bertz CT molecular complexity index is 641. The van der Waals surface area contributed by atoms with E-state index < -0.39 is 6.10 Å². The number of anilines is 1. The van der Waals surface area contributed by atoms with Crippen LogP contribution in [0.4, 0.5) is 5.82 Å². The first-order valence-corrected chi connectivity index (χ1v) is 7.09. The van der Waals surface area contributed by atoms with Crippen molar-refractivity contribution < 1.29 is 9.84 Å². The third-order valence-corrected chi connectivity index (χ3v) is 3.56. The van der Waals surface area contributed by atoms with E-state index in [0.29, 0.717) is 28.6 Å². The van der Waals surface area contributed by atoms with E-state index in [1.54, 1.807) is 28.7 Å². The predicted octanol–water partition coefficient (Wildman–Crippen LogP) is 0.330. The van der Waals surface area contributed by atoms with Gasteiger partial charge in [0.15, 0.2) is 22.9 Å². The number of aliphatic hydroxyl groups excluding tert-OH is 1. The number of aromatic nitrogens is 4. The van der Waals surface area contributed by atoms with Crippen molar-refractivity contribution in [3.05, 3.63) is 18.7 Å². The van der Waals surface area contributed by atoms with Crippen molar-refractivity contribution in [1.82, 2.24) is 19.5 Å². The van der Waals surface area contributed by atoms with Gasteiger partial charge in [-0.15, -0.1) is 0 Å². The number of ether oxygens (including phenoxy) is 1. The lowest BCUT2D eigenvalue weighted by molar-refractivity contribution is 0.0845. The molecule has 0 fully saturated rings. The molecule has 7 nitrogen and oxygen atoms in total. The van der Waals surface area contributed by atoms with Crippen molar-refractivity contribution in [2.24, 2.45) is 0 Å². The minimum Gasteiger partial charge on any atom is -0.471 e. The molecule has 0 saturated heterocycles. The fourth-order valence-corrected chi connectivity index (χ4v) is 2.56. The molecule has 1 aliphatic heterocycles. The molecule has 19 heavy (non-hydrogen) atoms. The van der Waals surface area contributed by atoms with Crippen molar-refractivity contribution >= 4 is 34.6 Å². The number of hydrogen-bond acceptors (Lipinski definition) is 7. The maximum atomic E-state index is 9.91. The highest BCUT2D eigenvalue weighted by molar-refractivity contribution is 7.98. The Kier molecular flexibility index (Phi) is 3.03. The zero-order valence-electron chi connectivity index (χ0n) is 10.2. The average Bonchev–Trinajstić information content (AvgIpc) is 2.95. The van der Waals surface area contributed by atoms with Crippen molar-refractivity contribution in [2.75, 3.05) is 17.7 Å². The zero-order chi connectivity index (χ0) is 13.4. The third-order valence-electron chi connectivity index (χ3n) is 2.90. The Morgan fingerprint density at radius 2 is 2.32 bits per heavy atom. The van der Waals surface area contributed by atoms with Gasteiger partial charge in [-0.1, -0.05) is 0 Å². The number of hydrogen-bond donors (Lipinski definition) is 2. The summed E-state index contributed by atoms with van der Waals surface area (Å²) in [6.07, 6.45) is 5.69. The van der Waals surface area contributed by atoms with Gasteiger partial charge in [-0.25, -0.2) is 15.0 Å². The summed E-state index contributed by atoms with van der Waals surface area (Å²) in [5.41, 5.74) is 6.82. The second-order valence-electron chi connectivity index (χ2n) is 4.15. The molecule has 0 unspecified atom stereocenters. The highest BCUT2D eigenvalue weighted by Gasteiger charge is 2.29. The van der Waals surface area contributed by atoms with Crippen LogP contribution >= 0.6 is 11.8 Å². The Hall–Kier alpha value is -1.80. The molecule has 0 aromatic carbocycles. The van der Waals surface area contributed by atoms with E-state index in [1.807, 2.05) is 6.26 Å². The van der Waals surface area contributed by atoms with Crippen LogP contribution < -0.4 is 5.73 Å². The van der Waals surface area contributed by atoms with Gasteiger partial charge in [0.1, 0.15) is 24.9 Å². The predicted molar refractivity (Wildman–Crippen MR) is 73.3 cm³/mol. The highest BCUT2D eigenvalue weighted by atomic mass is 32.2. The molecular weight excluding hydrogens is 266 g/mol. The van der Waals surface area contributed by atoms with Gasteiger partial charge in [0, 0.05) is 11.8 Å². The maximum absolute atomic E-state index is 9.91. The van der Waals surface area contributed by atoms with Gasteiger partial charge in [0.25, 0.3) is 0 Å². The summed E-state index contributed by atoms with van der Waals surface area (Å²) in [7, 11) is 0. The standard InChI is InChI=1S/C11H13N5O2S/c1-19-3-7-6(17)2-8(18-7)16-5-15-9-10(12)13-4-14-11(9)16/h2,4-7,17H,3H2,1H3,(H2,12,13,14)/t6-,7+/m0/s1. The van der Waals surface area contributed by atoms with Crippen molar-refractivity contribution in [3.8, 4) is 0 Å². The van der Waals surface area contributed by atoms with Gasteiger partial charge < -0.3 is 15.6 Å². The van der Waals surface area contributed by atoms with Gasteiger partial charge in [0.05, 0.1) is 0 Å². The van der Waals surface area contributed by atoms with E-state index >= 15 is 0 Å². The summed E-state index contributed by atoms with van der Waals surface area (Å²) in [4.78, 5) is 12.2. The fourth-order valence-electron chi connectivity index (χ4n) is 1.97. The molecule has 8 heteroatoms. The van der Waals surface area contributed by atoms with Gasteiger partial charge in [-0.2, -0.15) is 11.8 Å². The molecule has 0 saturated carbocycles. The monoisotopic (exact) mass is 279 g/mol. The largest absolute Gasteiger partial charge is 0.471 e. The molecule has 1 aliphatic rings. The molecule has 3 rings (SSSR count). The first kappa shape index (κ1) is 12.2. The van der Waals surface area contributed by atoms with Gasteiger partial charge >= 0.3 is 0 Å². The van der Waals surface area contributed by atoms with Crippen molar-refractivity contribution in [1.29, 1.82) is 0 Å². The first-order valence-electron chi connectivity index (χ1n) is 5.70. The van der Waals surface area contributed by atoms with Crippen LogP contribution in [0.25, 0.3) is 17.0 Å². The summed E-state index contributed by atoms with van der Waals surface area (Å²) in [5.74, 6) is 1.56. The second-order valence-corrected chi connectivity index (χ2v) is 5.06. The fraction of sp³-hybridized carbons (Fsp3) is 0.364. The van der Waals surface area contributed by atoms with E-state index in [9.17, 15) is 5.11 Å². The van der Waals surface area contributed by atoms with Crippen LogP contribution in [-0.2, 0) is 4.74 Å². The van der Waals surface area contributed by atoms with E-state index in [2.05, 4.69) is 15.0 Å². The first-order chi connectivity index (χ1) is 9.20. The third kappa shape index (κ3) is 2.02. The quantitative estimate of drug-likeness (QED) is 0.835. The molecule has 2 aromatic rings. The summed E-state index contributed by atoms with van der Waals surface area (Å²) in [5, 5.41) is 9.91. The SMILES string of the molecule is CSC[C@H]1OC(n2cnc3c(N)ncnc32)=C[C@@H]1O. The molecule has 0 bridgehead atoms. The Morgan fingerprint density at radius 3 is 3.11 bits per heavy atom. The Balaban J connectivity index is 1.98. The van der Waals surface area contributed by atoms with Crippen LogP contribution in [0.1, 0.15) is 0 Å². The lowest BCUT2D eigenvalue weighted by Crippen LogP contribution is -2.23. The number of imidazole rings is 1. The summed E-state index contributed by atoms with van der Waals surface area (Å²) >= 11 is 1.62. The zero-order valence-corrected chi connectivity index (χ0v) is 11.0. The Morgan fingerprint density at radius 1 is 1.47 bits per heavy atom. The van der Waals surface area contributed by atoms with Crippen molar-refractivity contribution in [3.63, 3.8) is 0 Å². The van der Waals surface area contributed by atoms with Gasteiger partial charge in [-0.3, -0.25) is 4.57 Å². The van der Waals surface area contributed by atoms with Gasteiger partial charge in [-0.05, 0) is 6.26 Å². The van der Waals surface area contributed by atoms with Crippen LogP contribution in [0.5, 0.6) is 0 Å². The maximum Gasteiger partial charge on any atom is 0.199 e. The normalized spacial score (nSPS) is 22.5. The minimum atomic E-state index is -0.626. The number of nitrogen functional groups attached to an aromatic ring is 1. The van der Waals surface area contributed by atoms with Crippen LogP contribution in [0.2, 0.25) is 0 Å². The van der Waals surface area contributed by atoms with Crippen LogP contribution in [0, 0.1) is 0 Å². The van der Waals surface area contributed by atoms with Crippen LogP contribution in [0.3, 0.4) is 0 Å². The summed E-state index contributed by atoms with van der Waals surface area (Å²) in [6.45, 7) is 0. The molecule has 2 aromatic heterocycles. The Labute approximate surface area is 113 Å². The lowest BCUT2D eigenvalue weighted by atomic mass is 10.2. The van der Waals surface area contributed by atoms with E-state index in [0.717, 1.165) is 0 Å². The number of rotatable bonds is 3. The molecule has 0 spiro atoms. The lowest BCUT2D eigenvalue weighted by Gasteiger charge is -2.14. The molecule has 0 aliphatic carbocycles. The molecule has 3 heterocycles. The topological polar surface area (TPSA) is 99.1 Å². The smallest absolute Gasteiger partial charge is 0.199 e. The number of nitrogens with two attached hydrogens (primary N) is 1. The molecule has 100 valence electrons. The molecule has 2 atom stereocenters. The summed E-state index contributed by atoms with van der Waals surface area (Å²) < 4.78 is 7.38. The van der Waals surface area contributed by atoms with Crippen LogP contribution in [0.15, 0.2) is 18.7 Å². The molecular formula is C11H13N5O2S. The van der Waals surface area contributed by atoms with Crippen LogP contribution in [-0.4, -0.2) is 48.8 Å². The molecule has 0 radical (unpaired) electrons. The number of aliphatic hydroxyl groups is 1. The van der Waals surface area contributed by atoms with E-state index in [1.165, 1.54) is 6.33 Å². The average molecular weight is 279 g/mol. The van der Waals surface area contributed by atoms with E-state index in [4.69, 9.17) is 10.5 Å². The second kappa shape index (κ2) is 4.71. The molecule has 3 N–H and O–H groups in total. The highest BCUT2D eigenvalue weighted by Crippen LogP contribution is 2.27. The minimum absolute atomic E-state index is 0.248. The number of nitrogens with zero attached hydrogens (tertiary/aromatic N) is 4. The number of thioether (sulfide) groups is 1. The number of fused-ring (bicyclic) bond motifs is 1. The summed E-state index contributed by atoms with van der Waals surface area (Å²) in [6, 6.07) is 0.